The van der Waals surface area contributed by atoms with Crippen molar-refractivity contribution < 1.29 is 32.1 Å². The normalized spacial score (nSPS) is 13.3. The second-order valence-corrected chi connectivity index (χ2v) is 8.19. The molecule has 0 bridgehead atoms. The third-order valence-electron chi connectivity index (χ3n) is 5.45. The number of methoxy groups -OCH3 is 1. The molecule has 1 aliphatic heterocycles. The molecule has 0 radical (unpaired) electrons. The zero-order chi connectivity index (χ0) is 24.6. The summed E-state index contributed by atoms with van der Waals surface area (Å²) in [4.78, 5) is 14.2. The average molecular weight is 501 g/mol. The van der Waals surface area contributed by atoms with Crippen LogP contribution in [0.3, 0.4) is 0 Å². The zero-order valence-electron chi connectivity index (χ0n) is 18.3. The molecule has 0 amide bonds. The van der Waals surface area contributed by atoms with Gasteiger partial charge in [0.15, 0.2) is 18.4 Å². The summed E-state index contributed by atoms with van der Waals surface area (Å²) in [5.74, 6) is -1.53. The number of phenolic OH excluding ortho intramolecular Hbond substituents is 1. The van der Waals surface area contributed by atoms with Crippen molar-refractivity contribution in [2.24, 2.45) is 0 Å². The number of aromatic nitrogens is 3. The lowest BCUT2D eigenvalue weighted by molar-refractivity contribution is -0.137. The standard InChI is InChI=1S/C22H21ClF4N4O3/c1-3-4-5-6-7-31-10-34-20-14-18(29-21(33-2)30-19(14)31)16(24)17(28-20)12-8-11(32)9-13(23)15(12)22(25,26)27/h8-9,32H,3-7,10H2,1-2H3. The lowest BCUT2D eigenvalue weighted by Gasteiger charge is -2.30. The molecular formula is C22H21ClF4N4O3. The lowest BCUT2D eigenvalue weighted by atomic mass is 10.0. The maximum absolute atomic E-state index is 15.7. The van der Waals surface area contributed by atoms with Crippen LogP contribution in [-0.4, -0.2) is 40.4 Å². The number of anilines is 1. The van der Waals surface area contributed by atoms with Crippen molar-refractivity contribution in [3.05, 3.63) is 28.5 Å². The average Bonchev–Trinajstić information content (AvgIpc) is 2.77. The molecular weight excluding hydrogens is 480 g/mol. The van der Waals surface area contributed by atoms with Crippen LogP contribution in [0.25, 0.3) is 22.2 Å². The number of hydrogen-bond donors (Lipinski definition) is 1. The molecule has 0 atom stereocenters. The molecule has 0 saturated carbocycles. The van der Waals surface area contributed by atoms with Crippen LogP contribution in [-0.2, 0) is 6.18 Å². The summed E-state index contributed by atoms with van der Waals surface area (Å²) >= 11 is 5.77. The van der Waals surface area contributed by atoms with E-state index in [-0.39, 0.29) is 29.5 Å². The summed E-state index contributed by atoms with van der Waals surface area (Å²) in [5.41, 5.74) is -3.10. The Hall–Kier alpha value is -3.08. The number of alkyl halides is 3. The molecule has 7 nitrogen and oxygen atoms in total. The first-order chi connectivity index (χ1) is 16.2. The Morgan fingerprint density at radius 1 is 1.18 bits per heavy atom. The highest BCUT2D eigenvalue weighted by molar-refractivity contribution is 6.32. The van der Waals surface area contributed by atoms with Crippen LogP contribution >= 0.6 is 11.6 Å². The van der Waals surface area contributed by atoms with E-state index in [9.17, 15) is 18.3 Å². The van der Waals surface area contributed by atoms with Crippen LogP contribution in [0.15, 0.2) is 12.1 Å². The van der Waals surface area contributed by atoms with Crippen LogP contribution in [0.1, 0.15) is 38.2 Å². The van der Waals surface area contributed by atoms with Gasteiger partial charge in [-0.3, -0.25) is 0 Å². The van der Waals surface area contributed by atoms with Gasteiger partial charge in [-0.15, -0.1) is 0 Å². The van der Waals surface area contributed by atoms with Gasteiger partial charge in [0.1, 0.15) is 22.3 Å². The van der Waals surface area contributed by atoms with Crippen molar-refractivity contribution in [1.29, 1.82) is 0 Å². The molecule has 2 aromatic heterocycles. The molecule has 34 heavy (non-hydrogen) atoms. The van der Waals surface area contributed by atoms with Crippen molar-refractivity contribution >= 4 is 28.3 Å². The van der Waals surface area contributed by atoms with Gasteiger partial charge in [-0.25, -0.2) is 9.37 Å². The molecule has 0 unspecified atom stereocenters. The molecule has 1 aliphatic rings. The number of halogens is 5. The van der Waals surface area contributed by atoms with Crippen LogP contribution in [0, 0.1) is 5.82 Å². The van der Waals surface area contributed by atoms with Gasteiger partial charge in [-0.05, 0) is 18.6 Å². The van der Waals surface area contributed by atoms with E-state index < -0.39 is 39.6 Å². The molecule has 12 heteroatoms. The number of pyridine rings is 1. The fourth-order valence-corrected chi connectivity index (χ4v) is 4.19. The highest BCUT2D eigenvalue weighted by Gasteiger charge is 2.39. The summed E-state index contributed by atoms with van der Waals surface area (Å²) in [5, 5.41) is 9.22. The van der Waals surface area contributed by atoms with E-state index in [0.717, 1.165) is 37.8 Å². The summed E-state index contributed by atoms with van der Waals surface area (Å²) in [7, 11) is 1.30. The minimum absolute atomic E-state index is 0.0133. The molecule has 0 fully saturated rings. The molecule has 1 aromatic carbocycles. The molecule has 1 N–H and O–H groups in total. The van der Waals surface area contributed by atoms with Gasteiger partial charge >= 0.3 is 12.2 Å². The Kier molecular flexibility index (Phi) is 6.57. The maximum Gasteiger partial charge on any atom is 0.418 e. The summed E-state index contributed by atoms with van der Waals surface area (Å²) in [6.45, 7) is 2.67. The van der Waals surface area contributed by atoms with E-state index >= 15 is 4.39 Å². The van der Waals surface area contributed by atoms with Gasteiger partial charge in [0.2, 0.25) is 5.88 Å². The first kappa shape index (κ1) is 24.1. The Balaban J connectivity index is 1.93. The second kappa shape index (κ2) is 9.28. The Morgan fingerprint density at radius 2 is 1.94 bits per heavy atom. The number of aromatic hydroxyl groups is 1. The quantitative estimate of drug-likeness (QED) is 0.317. The van der Waals surface area contributed by atoms with Gasteiger partial charge in [-0.2, -0.15) is 23.1 Å². The molecule has 0 saturated heterocycles. The minimum Gasteiger partial charge on any atom is -0.508 e. The molecule has 182 valence electrons. The monoisotopic (exact) mass is 500 g/mol. The highest BCUT2D eigenvalue weighted by atomic mass is 35.5. The van der Waals surface area contributed by atoms with E-state index in [0.29, 0.717) is 12.4 Å². The topological polar surface area (TPSA) is 80.6 Å². The van der Waals surface area contributed by atoms with Gasteiger partial charge < -0.3 is 19.5 Å². The predicted octanol–water partition coefficient (Wildman–Crippen LogP) is 5.95. The number of rotatable bonds is 7. The van der Waals surface area contributed by atoms with E-state index in [1.165, 1.54) is 7.11 Å². The minimum atomic E-state index is -4.94. The highest BCUT2D eigenvalue weighted by Crippen LogP contribution is 2.46. The first-order valence-electron chi connectivity index (χ1n) is 10.6. The predicted molar refractivity (Wildman–Crippen MR) is 118 cm³/mol. The third kappa shape index (κ3) is 4.36. The number of benzene rings is 1. The first-order valence-corrected chi connectivity index (χ1v) is 11.0. The van der Waals surface area contributed by atoms with Crippen molar-refractivity contribution in [2.75, 3.05) is 25.3 Å². The van der Waals surface area contributed by atoms with Gasteiger partial charge in [0.25, 0.3) is 0 Å². The molecule has 0 aliphatic carbocycles. The summed E-state index contributed by atoms with van der Waals surface area (Å²) in [6.07, 6.45) is -1.01. The van der Waals surface area contributed by atoms with Crippen molar-refractivity contribution in [3.8, 4) is 28.9 Å². The van der Waals surface area contributed by atoms with E-state index in [1.54, 1.807) is 4.90 Å². The molecule has 3 heterocycles. The Labute approximate surface area is 197 Å². The van der Waals surface area contributed by atoms with E-state index in [1.807, 2.05) is 0 Å². The van der Waals surface area contributed by atoms with Crippen molar-refractivity contribution in [3.63, 3.8) is 0 Å². The van der Waals surface area contributed by atoms with Crippen LogP contribution in [0.5, 0.6) is 17.6 Å². The zero-order valence-corrected chi connectivity index (χ0v) is 19.1. The molecule has 3 aromatic rings. The fraction of sp³-hybridized carbons (Fsp3) is 0.409. The smallest absolute Gasteiger partial charge is 0.418 e. The Morgan fingerprint density at radius 3 is 2.62 bits per heavy atom. The third-order valence-corrected chi connectivity index (χ3v) is 5.74. The number of ether oxygens (including phenoxy) is 2. The fourth-order valence-electron chi connectivity index (χ4n) is 3.87. The number of unbranched alkanes of at least 4 members (excludes halogenated alkanes) is 3. The van der Waals surface area contributed by atoms with E-state index in [4.69, 9.17) is 21.1 Å². The summed E-state index contributed by atoms with van der Waals surface area (Å²) < 4.78 is 67.9. The number of phenols is 1. The summed E-state index contributed by atoms with van der Waals surface area (Å²) in [6, 6.07) is 1.32. The lowest BCUT2D eigenvalue weighted by Crippen LogP contribution is -2.33. The maximum atomic E-state index is 15.7. The van der Waals surface area contributed by atoms with Crippen LogP contribution in [0.2, 0.25) is 5.02 Å². The van der Waals surface area contributed by atoms with Crippen molar-refractivity contribution in [2.45, 2.75) is 38.8 Å². The largest absolute Gasteiger partial charge is 0.508 e. The number of hydrogen-bond acceptors (Lipinski definition) is 7. The van der Waals surface area contributed by atoms with Gasteiger partial charge in [-0.1, -0.05) is 37.8 Å². The Bertz CT molecular complexity index is 1240. The van der Waals surface area contributed by atoms with Crippen molar-refractivity contribution in [1.82, 2.24) is 15.0 Å². The van der Waals surface area contributed by atoms with Crippen LogP contribution in [0.4, 0.5) is 23.4 Å². The van der Waals surface area contributed by atoms with Gasteiger partial charge in [0.05, 0.1) is 17.7 Å². The van der Waals surface area contributed by atoms with Gasteiger partial charge in [0, 0.05) is 12.1 Å². The van der Waals surface area contributed by atoms with E-state index in [2.05, 4.69) is 21.9 Å². The molecule has 4 rings (SSSR count). The SMILES string of the molecule is CCCCCCN1COc2nc(-c3cc(O)cc(Cl)c3C(F)(F)F)c(F)c3nc(OC)nc1c23. The van der Waals surface area contributed by atoms with Crippen LogP contribution < -0.4 is 14.4 Å². The number of nitrogens with zero attached hydrogens (tertiary/aromatic N) is 4. The second-order valence-electron chi connectivity index (χ2n) is 7.78. The molecule has 0 spiro atoms.